The Morgan fingerprint density at radius 2 is 2.00 bits per heavy atom. The van der Waals surface area contributed by atoms with Crippen LogP contribution in [0.2, 0.25) is 5.02 Å². The topological polar surface area (TPSA) is 60.5 Å². The molecule has 146 valence electrons. The number of aromatic nitrogens is 1. The highest BCUT2D eigenvalue weighted by Crippen LogP contribution is 2.25. The average Bonchev–Trinajstić information content (AvgIpc) is 2.72. The third kappa shape index (κ3) is 5.36. The van der Waals surface area contributed by atoms with Gasteiger partial charge in [0.2, 0.25) is 5.91 Å². The van der Waals surface area contributed by atoms with Crippen LogP contribution < -0.4 is 14.8 Å². The van der Waals surface area contributed by atoms with E-state index in [0.717, 1.165) is 28.6 Å². The molecule has 28 heavy (non-hydrogen) atoms. The lowest BCUT2D eigenvalue weighted by molar-refractivity contribution is -0.121. The fourth-order valence-corrected chi connectivity index (χ4v) is 3.17. The second-order valence-electron chi connectivity index (χ2n) is 6.35. The van der Waals surface area contributed by atoms with Crippen LogP contribution in [0.1, 0.15) is 18.4 Å². The molecule has 3 aromatic rings. The van der Waals surface area contributed by atoms with E-state index in [4.69, 9.17) is 21.1 Å². The Bertz CT molecular complexity index is 941. The number of carbonyl (C=O) groups excluding carboxylic acids is 1. The molecule has 0 bridgehead atoms. The SMILES string of the molecule is COc1ccc(CCC(=O)NCCCOc2cccc3cccnc23)cc1Cl. The van der Waals surface area contributed by atoms with Gasteiger partial charge in [0.15, 0.2) is 0 Å². The molecule has 0 aliphatic carbocycles. The van der Waals surface area contributed by atoms with Crippen molar-refractivity contribution >= 4 is 28.4 Å². The number of hydrogen-bond acceptors (Lipinski definition) is 4. The lowest BCUT2D eigenvalue weighted by atomic mass is 10.1. The number of nitrogens with one attached hydrogen (secondary N) is 1. The Kier molecular flexibility index (Phi) is 7.09. The van der Waals surface area contributed by atoms with Gasteiger partial charge in [-0.3, -0.25) is 9.78 Å². The van der Waals surface area contributed by atoms with Gasteiger partial charge in [-0.25, -0.2) is 0 Å². The number of nitrogens with zero attached hydrogens (tertiary/aromatic N) is 1. The lowest BCUT2D eigenvalue weighted by Gasteiger charge is -2.09. The van der Waals surface area contributed by atoms with Gasteiger partial charge in [0.1, 0.15) is 17.0 Å². The van der Waals surface area contributed by atoms with Gasteiger partial charge in [0.05, 0.1) is 18.7 Å². The molecule has 1 N–H and O–H groups in total. The summed E-state index contributed by atoms with van der Waals surface area (Å²) in [6.07, 6.45) is 3.53. The molecule has 0 unspecified atom stereocenters. The van der Waals surface area contributed by atoms with Gasteiger partial charge in [-0.05, 0) is 42.7 Å². The number of hydrogen-bond donors (Lipinski definition) is 1. The summed E-state index contributed by atoms with van der Waals surface area (Å²) in [7, 11) is 1.58. The molecule has 2 aromatic carbocycles. The fourth-order valence-electron chi connectivity index (χ4n) is 2.89. The van der Waals surface area contributed by atoms with Crippen molar-refractivity contribution in [1.29, 1.82) is 0 Å². The van der Waals surface area contributed by atoms with Gasteiger partial charge in [0.25, 0.3) is 0 Å². The number of amides is 1. The van der Waals surface area contributed by atoms with E-state index in [9.17, 15) is 4.79 Å². The summed E-state index contributed by atoms with van der Waals surface area (Å²) in [6, 6.07) is 15.3. The highest BCUT2D eigenvalue weighted by molar-refractivity contribution is 6.32. The predicted molar refractivity (Wildman–Crippen MR) is 111 cm³/mol. The molecule has 1 heterocycles. The summed E-state index contributed by atoms with van der Waals surface area (Å²) in [4.78, 5) is 16.4. The lowest BCUT2D eigenvalue weighted by Crippen LogP contribution is -2.25. The Morgan fingerprint density at radius 3 is 2.82 bits per heavy atom. The minimum Gasteiger partial charge on any atom is -0.495 e. The standard InChI is InChI=1S/C22H23ClN2O3/c1-27-19-10-8-16(15-18(19)23)9-11-21(26)24-13-4-14-28-20-7-2-5-17-6-3-12-25-22(17)20/h2-3,5-8,10,12,15H,4,9,11,13-14H2,1H3,(H,24,26). The zero-order valence-electron chi connectivity index (χ0n) is 15.8. The first-order chi connectivity index (χ1) is 13.7. The fraction of sp³-hybridized carbons (Fsp3) is 0.273. The van der Waals surface area contributed by atoms with E-state index < -0.39 is 0 Å². The number of pyridine rings is 1. The van der Waals surface area contributed by atoms with Crippen LogP contribution in [0, 0.1) is 0 Å². The van der Waals surface area contributed by atoms with Crippen LogP contribution in [0.25, 0.3) is 10.9 Å². The van der Waals surface area contributed by atoms with Gasteiger partial charge >= 0.3 is 0 Å². The number of aryl methyl sites for hydroxylation is 1. The minimum absolute atomic E-state index is 0.0127. The summed E-state index contributed by atoms with van der Waals surface area (Å²) >= 11 is 6.11. The van der Waals surface area contributed by atoms with Gasteiger partial charge in [-0.15, -0.1) is 0 Å². The van der Waals surface area contributed by atoms with Gasteiger partial charge < -0.3 is 14.8 Å². The van der Waals surface area contributed by atoms with Crippen molar-refractivity contribution in [2.24, 2.45) is 0 Å². The zero-order chi connectivity index (χ0) is 19.8. The highest BCUT2D eigenvalue weighted by Gasteiger charge is 2.06. The van der Waals surface area contributed by atoms with Crippen LogP contribution in [-0.4, -0.2) is 31.2 Å². The monoisotopic (exact) mass is 398 g/mol. The third-order valence-electron chi connectivity index (χ3n) is 4.35. The maximum Gasteiger partial charge on any atom is 0.220 e. The molecule has 0 saturated heterocycles. The molecule has 0 atom stereocenters. The average molecular weight is 399 g/mol. The Morgan fingerprint density at radius 1 is 1.14 bits per heavy atom. The maximum absolute atomic E-state index is 12.0. The number of rotatable bonds is 9. The first kappa shape index (κ1) is 20.0. The molecular weight excluding hydrogens is 376 g/mol. The summed E-state index contributed by atoms with van der Waals surface area (Å²) in [5.74, 6) is 1.41. The predicted octanol–water partition coefficient (Wildman–Crippen LogP) is 4.41. The molecular formula is C22H23ClN2O3. The van der Waals surface area contributed by atoms with E-state index in [2.05, 4.69) is 10.3 Å². The molecule has 0 aliphatic heterocycles. The van der Waals surface area contributed by atoms with Crippen LogP contribution >= 0.6 is 11.6 Å². The molecule has 0 fully saturated rings. The summed E-state index contributed by atoms with van der Waals surface area (Å²) in [5, 5.41) is 4.53. The molecule has 5 nitrogen and oxygen atoms in total. The van der Waals surface area contributed by atoms with Crippen molar-refractivity contribution in [3.63, 3.8) is 0 Å². The van der Waals surface area contributed by atoms with Gasteiger partial charge in [0, 0.05) is 24.5 Å². The highest BCUT2D eigenvalue weighted by atomic mass is 35.5. The van der Waals surface area contributed by atoms with Crippen LogP contribution in [-0.2, 0) is 11.2 Å². The van der Waals surface area contributed by atoms with E-state index in [0.29, 0.717) is 36.8 Å². The molecule has 0 radical (unpaired) electrons. The smallest absolute Gasteiger partial charge is 0.220 e. The normalized spacial score (nSPS) is 10.6. The molecule has 6 heteroatoms. The van der Waals surface area contributed by atoms with Crippen molar-refractivity contribution < 1.29 is 14.3 Å². The van der Waals surface area contributed by atoms with Crippen LogP contribution in [0.15, 0.2) is 54.7 Å². The Labute approximate surface area is 169 Å². The van der Waals surface area contributed by atoms with Crippen molar-refractivity contribution in [3.8, 4) is 11.5 Å². The Balaban J connectivity index is 1.37. The van der Waals surface area contributed by atoms with Crippen molar-refractivity contribution in [3.05, 3.63) is 65.3 Å². The van der Waals surface area contributed by atoms with Gasteiger partial charge in [-0.2, -0.15) is 0 Å². The van der Waals surface area contributed by atoms with Crippen molar-refractivity contribution in [1.82, 2.24) is 10.3 Å². The largest absolute Gasteiger partial charge is 0.495 e. The minimum atomic E-state index is 0.0127. The second kappa shape index (κ2) is 9.95. The van der Waals surface area contributed by atoms with E-state index in [-0.39, 0.29) is 5.91 Å². The number of benzene rings is 2. The third-order valence-corrected chi connectivity index (χ3v) is 4.65. The number of para-hydroxylation sites is 1. The quantitative estimate of drug-likeness (QED) is 0.542. The Hall–Kier alpha value is -2.79. The molecule has 0 aliphatic rings. The number of halogens is 1. The summed E-state index contributed by atoms with van der Waals surface area (Å²) in [6.45, 7) is 1.09. The molecule has 0 spiro atoms. The molecule has 1 aromatic heterocycles. The molecule has 3 rings (SSSR count). The number of ether oxygens (including phenoxy) is 2. The van der Waals surface area contributed by atoms with E-state index >= 15 is 0 Å². The summed E-state index contributed by atoms with van der Waals surface area (Å²) < 4.78 is 11.0. The van der Waals surface area contributed by atoms with E-state index in [1.807, 2.05) is 48.5 Å². The van der Waals surface area contributed by atoms with E-state index in [1.165, 1.54) is 0 Å². The van der Waals surface area contributed by atoms with Crippen LogP contribution in [0.4, 0.5) is 0 Å². The van der Waals surface area contributed by atoms with Crippen LogP contribution in [0.5, 0.6) is 11.5 Å². The molecule has 0 saturated carbocycles. The second-order valence-corrected chi connectivity index (χ2v) is 6.76. The number of fused-ring (bicyclic) bond motifs is 1. The maximum atomic E-state index is 12.0. The van der Waals surface area contributed by atoms with Crippen molar-refractivity contribution in [2.75, 3.05) is 20.3 Å². The number of methoxy groups -OCH3 is 1. The van der Waals surface area contributed by atoms with E-state index in [1.54, 1.807) is 13.3 Å². The summed E-state index contributed by atoms with van der Waals surface area (Å²) in [5.41, 5.74) is 1.86. The van der Waals surface area contributed by atoms with Crippen molar-refractivity contribution in [2.45, 2.75) is 19.3 Å². The molecule has 1 amide bonds. The van der Waals surface area contributed by atoms with Crippen LogP contribution in [0.3, 0.4) is 0 Å². The first-order valence-corrected chi connectivity index (χ1v) is 9.61. The zero-order valence-corrected chi connectivity index (χ0v) is 16.5. The number of carbonyl (C=O) groups is 1. The first-order valence-electron chi connectivity index (χ1n) is 9.23. The van der Waals surface area contributed by atoms with Gasteiger partial charge in [-0.1, -0.05) is 35.9 Å².